The van der Waals surface area contributed by atoms with Gasteiger partial charge in [-0.25, -0.2) is 0 Å². The van der Waals surface area contributed by atoms with Gasteiger partial charge in [-0.05, 0) is 73.1 Å². The van der Waals surface area contributed by atoms with Gasteiger partial charge in [-0.3, -0.25) is 4.79 Å². The first-order valence-electron chi connectivity index (χ1n) is 14.4. The fraction of sp³-hybridized carbons (Fsp3) is 0.353. The van der Waals surface area contributed by atoms with Gasteiger partial charge in [0.15, 0.2) is 0 Å². The van der Waals surface area contributed by atoms with Crippen LogP contribution in [-0.4, -0.2) is 5.97 Å². The Kier molecular flexibility index (Phi) is 9.16. The molecular weight excluding hydrogens is 536 g/mol. The number of benzene rings is 3. The topological polar surface area (TPSA) is 94.6 Å². The molecule has 1 fully saturated rings. The van der Waals surface area contributed by atoms with E-state index in [2.05, 4.69) is 13.0 Å². The Morgan fingerprint density at radius 3 is 2.56 bits per heavy atom. The van der Waals surface area contributed by atoms with Gasteiger partial charge in [-0.1, -0.05) is 68.1 Å². The highest BCUT2D eigenvalue weighted by Crippen LogP contribution is 2.44. The van der Waals surface area contributed by atoms with Crippen molar-refractivity contribution in [3.8, 4) is 23.3 Å². The van der Waals surface area contributed by atoms with Crippen LogP contribution in [0.15, 0.2) is 78.2 Å². The van der Waals surface area contributed by atoms with E-state index in [0.717, 1.165) is 48.3 Å². The van der Waals surface area contributed by atoms with Crippen molar-refractivity contribution in [3.63, 3.8) is 0 Å². The molecule has 3 aromatic carbocycles. The molecule has 212 valence electrons. The molecule has 3 aromatic rings. The maximum absolute atomic E-state index is 13.0. The van der Waals surface area contributed by atoms with Crippen LogP contribution in [0.2, 0.25) is 5.02 Å². The number of ether oxygens (including phenoxy) is 3. The zero-order valence-electron chi connectivity index (χ0n) is 23.3. The van der Waals surface area contributed by atoms with E-state index in [1.165, 1.54) is 19.3 Å². The number of esters is 1. The molecule has 0 spiro atoms. The third-order valence-corrected chi connectivity index (χ3v) is 8.32. The molecule has 1 atom stereocenters. The average molecular weight is 571 g/mol. The van der Waals surface area contributed by atoms with E-state index in [4.69, 9.17) is 31.5 Å². The van der Waals surface area contributed by atoms with Crippen LogP contribution in [0.4, 0.5) is 0 Å². The van der Waals surface area contributed by atoms with Crippen molar-refractivity contribution in [1.82, 2.24) is 0 Å². The number of rotatable bonds is 9. The fourth-order valence-electron chi connectivity index (χ4n) is 5.75. The van der Waals surface area contributed by atoms with Gasteiger partial charge in [0.1, 0.15) is 35.5 Å². The van der Waals surface area contributed by atoms with Crippen molar-refractivity contribution in [2.45, 2.75) is 64.4 Å². The van der Waals surface area contributed by atoms with E-state index in [1.807, 2.05) is 54.6 Å². The Morgan fingerprint density at radius 1 is 1.05 bits per heavy atom. The number of hydrogen-bond acceptors (Lipinski definition) is 6. The van der Waals surface area contributed by atoms with Crippen LogP contribution < -0.4 is 19.9 Å². The molecular formula is C34H35ClN2O4. The summed E-state index contributed by atoms with van der Waals surface area (Å²) < 4.78 is 17.7. The molecule has 1 aliphatic carbocycles. The Morgan fingerprint density at radius 2 is 1.83 bits per heavy atom. The molecule has 41 heavy (non-hydrogen) atoms. The fourth-order valence-corrected chi connectivity index (χ4v) is 5.88. The van der Waals surface area contributed by atoms with Crippen molar-refractivity contribution >= 4 is 17.6 Å². The number of carbonyl (C=O) groups is 1. The van der Waals surface area contributed by atoms with Crippen LogP contribution in [-0.2, 0) is 11.4 Å². The maximum atomic E-state index is 13.0. The predicted molar refractivity (Wildman–Crippen MR) is 159 cm³/mol. The Balaban J connectivity index is 1.31. The number of unbranched alkanes of at least 4 members (excludes halogenated alkanes) is 1. The van der Waals surface area contributed by atoms with Crippen molar-refractivity contribution in [1.29, 1.82) is 5.26 Å². The van der Waals surface area contributed by atoms with Gasteiger partial charge in [-0.2, -0.15) is 5.26 Å². The van der Waals surface area contributed by atoms with Crippen LogP contribution in [0.25, 0.3) is 0 Å². The summed E-state index contributed by atoms with van der Waals surface area (Å²) in [7, 11) is 0. The van der Waals surface area contributed by atoms with Crippen LogP contribution in [0.5, 0.6) is 17.2 Å². The van der Waals surface area contributed by atoms with E-state index in [1.54, 1.807) is 12.1 Å². The van der Waals surface area contributed by atoms with Gasteiger partial charge in [-0.15, -0.1) is 0 Å². The highest BCUT2D eigenvalue weighted by Gasteiger charge is 2.32. The standard InChI is InChI=1S/C34H35ClN2O4/c1-2-3-5-22-8-12-24(13-9-22)34(38)40-28-16-17-29-31(19-28)41-33(37)30(20-36)32(29)25-6-4-7-27(18-25)39-21-23-10-14-26(35)15-11-23/h4,6-7,10-11,14-19,22,24,32H,2-3,5,8-9,12-13,21,37H2,1H3. The number of halogens is 1. The first-order chi connectivity index (χ1) is 19.9. The lowest BCUT2D eigenvalue weighted by Gasteiger charge is -2.28. The molecule has 2 aliphatic rings. The lowest BCUT2D eigenvalue weighted by Crippen LogP contribution is -2.26. The highest BCUT2D eigenvalue weighted by atomic mass is 35.5. The Labute approximate surface area is 246 Å². The monoisotopic (exact) mass is 570 g/mol. The molecule has 1 heterocycles. The number of fused-ring (bicyclic) bond motifs is 1. The van der Waals surface area contributed by atoms with Crippen LogP contribution >= 0.6 is 11.6 Å². The molecule has 0 radical (unpaired) electrons. The predicted octanol–water partition coefficient (Wildman–Crippen LogP) is 8.04. The van der Waals surface area contributed by atoms with E-state index in [0.29, 0.717) is 34.5 Å². The SMILES string of the molecule is CCCCC1CCC(C(=O)Oc2ccc3c(c2)OC(N)=C(C#N)C3c2cccc(OCc3ccc(Cl)cc3)c2)CC1. The number of nitrogens with zero attached hydrogens (tertiary/aromatic N) is 1. The highest BCUT2D eigenvalue weighted by molar-refractivity contribution is 6.30. The van der Waals surface area contributed by atoms with E-state index in [-0.39, 0.29) is 17.8 Å². The summed E-state index contributed by atoms with van der Waals surface area (Å²) in [5.41, 5.74) is 9.13. The Hall–Kier alpha value is -3.95. The van der Waals surface area contributed by atoms with Gasteiger partial charge in [0.2, 0.25) is 5.88 Å². The third kappa shape index (κ3) is 6.86. The maximum Gasteiger partial charge on any atom is 0.314 e. The molecule has 1 saturated carbocycles. The molecule has 2 N–H and O–H groups in total. The first-order valence-corrected chi connectivity index (χ1v) is 14.7. The molecule has 7 heteroatoms. The number of hydrogen-bond donors (Lipinski definition) is 1. The largest absolute Gasteiger partial charge is 0.489 e. The lowest BCUT2D eigenvalue weighted by atomic mass is 9.80. The van der Waals surface area contributed by atoms with Gasteiger partial charge in [0.05, 0.1) is 11.8 Å². The van der Waals surface area contributed by atoms with Gasteiger partial charge in [0, 0.05) is 16.7 Å². The summed E-state index contributed by atoms with van der Waals surface area (Å²) in [6.45, 7) is 2.59. The summed E-state index contributed by atoms with van der Waals surface area (Å²) >= 11 is 5.99. The lowest BCUT2D eigenvalue weighted by molar-refractivity contribution is -0.140. The van der Waals surface area contributed by atoms with E-state index in [9.17, 15) is 10.1 Å². The normalized spacial score (nSPS) is 20.0. The zero-order valence-corrected chi connectivity index (χ0v) is 24.0. The molecule has 0 saturated heterocycles. The van der Waals surface area contributed by atoms with E-state index < -0.39 is 5.92 Å². The van der Waals surface area contributed by atoms with Crippen molar-refractivity contribution < 1.29 is 19.0 Å². The molecule has 5 rings (SSSR count). The summed E-state index contributed by atoms with van der Waals surface area (Å²) in [6.07, 6.45) is 7.61. The van der Waals surface area contributed by atoms with E-state index >= 15 is 0 Å². The summed E-state index contributed by atoms with van der Waals surface area (Å²) in [5, 5.41) is 10.6. The Bertz CT molecular complexity index is 1450. The van der Waals surface area contributed by atoms with Gasteiger partial charge >= 0.3 is 5.97 Å². The van der Waals surface area contributed by atoms with Gasteiger partial charge in [0.25, 0.3) is 0 Å². The van der Waals surface area contributed by atoms with Crippen LogP contribution in [0.3, 0.4) is 0 Å². The molecule has 1 aliphatic heterocycles. The molecule has 0 bridgehead atoms. The van der Waals surface area contributed by atoms with Crippen LogP contribution in [0, 0.1) is 23.2 Å². The number of nitriles is 1. The van der Waals surface area contributed by atoms with Crippen LogP contribution in [0.1, 0.15) is 74.5 Å². The van der Waals surface area contributed by atoms with Gasteiger partial charge < -0.3 is 19.9 Å². The second-order valence-electron chi connectivity index (χ2n) is 10.9. The number of carbonyl (C=O) groups excluding carboxylic acids is 1. The molecule has 6 nitrogen and oxygen atoms in total. The van der Waals surface area contributed by atoms with Crippen molar-refractivity contribution in [3.05, 3.63) is 99.9 Å². The average Bonchev–Trinajstić information content (AvgIpc) is 2.99. The van der Waals surface area contributed by atoms with Crippen molar-refractivity contribution in [2.24, 2.45) is 17.6 Å². The number of nitrogens with two attached hydrogens (primary N) is 1. The molecule has 1 unspecified atom stereocenters. The minimum atomic E-state index is -0.453. The zero-order chi connectivity index (χ0) is 28.8. The minimum absolute atomic E-state index is 0.0337. The third-order valence-electron chi connectivity index (χ3n) is 8.07. The van der Waals surface area contributed by atoms with Crippen molar-refractivity contribution in [2.75, 3.05) is 0 Å². The summed E-state index contributed by atoms with van der Waals surface area (Å²) in [5.74, 6) is 1.56. The summed E-state index contributed by atoms with van der Waals surface area (Å²) in [4.78, 5) is 13.0. The summed E-state index contributed by atoms with van der Waals surface area (Å²) in [6, 6.07) is 22.6. The minimum Gasteiger partial charge on any atom is -0.489 e. The first kappa shape index (κ1) is 28.6. The quantitative estimate of drug-likeness (QED) is 0.207. The smallest absolute Gasteiger partial charge is 0.314 e. The molecule has 0 aromatic heterocycles. The second-order valence-corrected chi connectivity index (χ2v) is 11.3. The number of allylic oxidation sites excluding steroid dienone is 1. The second kappa shape index (κ2) is 13.1. The molecule has 0 amide bonds.